The maximum atomic E-state index is 12.0. The van der Waals surface area contributed by atoms with Crippen molar-refractivity contribution in [1.82, 2.24) is 4.72 Å². The molecular formula is C11H16BrNO2S2. The van der Waals surface area contributed by atoms with E-state index in [1.165, 1.54) is 30.6 Å². The van der Waals surface area contributed by atoms with E-state index >= 15 is 0 Å². The van der Waals surface area contributed by atoms with E-state index in [-0.39, 0.29) is 0 Å². The average Bonchev–Trinajstić information content (AvgIpc) is 2.52. The Bertz CT molecular complexity index is 472. The molecule has 0 radical (unpaired) electrons. The Morgan fingerprint density at radius 3 is 2.71 bits per heavy atom. The summed E-state index contributed by atoms with van der Waals surface area (Å²) in [5.74, 6) is 0.731. The molecule has 0 amide bonds. The molecule has 1 heterocycles. The van der Waals surface area contributed by atoms with Crippen molar-refractivity contribution in [2.45, 2.75) is 36.8 Å². The lowest BCUT2D eigenvalue weighted by Crippen LogP contribution is -2.27. The molecule has 96 valence electrons. The molecule has 1 fully saturated rings. The van der Waals surface area contributed by atoms with Crippen LogP contribution in [0.2, 0.25) is 0 Å². The lowest BCUT2D eigenvalue weighted by atomic mass is 9.83. The van der Waals surface area contributed by atoms with Gasteiger partial charge in [-0.2, -0.15) is 0 Å². The second-order valence-electron chi connectivity index (χ2n) is 4.51. The molecule has 3 nitrogen and oxygen atoms in total. The zero-order valence-electron chi connectivity index (χ0n) is 9.70. The van der Waals surface area contributed by atoms with Gasteiger partial charge in [-0.1, -0.05) is 19.3 Å². The van der Waals surface area contributed by atoms with Crippen molar-refractivity contribution in [3.63, 3.8) is 0 Å². The van der Waals surface area contributed by atoms with Gasteiger partial charge in [-0.05, 0) is 46.8 Å². The summed E-state index contributed by atoms with van der Waals surface area (Å²) in [4.78, 5) is 0. The van der Waals surface area contributed by atoms with Gasteiger partial charge in [-0.3, -0.25) is 0 Å². The average molecular weight is 338 g/mol. The van der Waals surface area contributed by atoms with Gasteiger partial charge in [-0.15, -0.1) is 11.3 Å². The van der Waals surface area contributed by atoms with Gasteiger partial charge >= 0.3 is 0 Å². The number of thiophene rings is 1. The second-order valence-corrected chi connectivity index (χ2v) is 8.87. The van der Waals surface area contributed by atoms with E-state index in [1.807, 2.05) is 6.92 Å². The molecule has 1 aliphatic rings. The van der Waals surface area contributed by atoms with Crippen molar-refractivity contribution >= 4 is 37.3 Å². The molecule has 1 N–H and O–H groups in total. The molecular weight excluding hydrogens is 322 g/mol. The van der Waals surface area contributed by atoms with Crippen LogP contribution in [0, 0.1) is 12.8 Å². The van der Waals surface area contributed by atoms with Gasteiger partial charge in [0.05, 0.1) is 3.79 Å². The predicted molar refractivity (Wildman–Crippen MR) is 73.9 cm³/mol. The number of hydrogen-bond acceptors (Lipinski definition) is 3. The first kappa shape index (κ1) is 13.5. The van der Waals surface area contributed by atoms with E-state index in [1.54, 1.807) is 6.07 Å². The first-order chi connectivity index (χ1) is 7.99. The lowest BCUT2D eigenvalue weighted by Gasteiger charge is -2.24. The van der Waals surface area contributed by atoms with Crippen LogP contribution >= 0.6 is 27.3 Å². The quantitative estimate of drug-likeness (QED) is 0.895. The van der Waals surface area contributed by atoms with Crippen LogP contribution in [0.5, 0.6) is 0 Å². The Morgan fingerprint density at radius 1 is 1.53 bits per heavy atom. The fraction of sp³-hybridized carbons (Fsp3) is 0.636. The Kier molecular flexibility index (Phi) is 4.28. The minimum atomic E-state index is -3.30. The van der Waals surface area contributed by atoms with Crippen molar-refractivity contribution in [3.8, 4) is 0 Å². The van der Waals surface area contributed by atoms with Gasteiger partial charge in [0.1, 0.15) is 4.21 Å². The van der Waals surface area contributed by atoms with Crippen LogP contribution in [-0.4, -0.2) is 15.0 Å². The largest absolute Gasteiger partial charge is 0.250 e. The number of hydrogen-bond donors (Lipinski definition) is 1. The minimum Gasteiger partial charge on any atom is -0.210 e. The third-order valence-corrected chi connectivity index (χ3v) is 7.24. The smallest absolute Gasteiger partial charge is 0.210 e. The highest BCUT2D eigenvalue weighted by atomic mass is 79.9. The molecule has 0 saturated heterocycles. The first-order valence-corrected chi connectivity index (χ1v) is 8.84. The molecule has 17 heavy (non-hydrogen) atoms. The Labute approximate surface area is 115 Å². The van der Waals surface area contributed by atoms with E-state index in [4.69, 9.17) is 0 Å². The zero-order chi connectivity index (χ0) is 12.5. The molecule has 0 atom stereocenters. The van der Waals surface area contributed by atoms with Crippen molar-refractivity contribution in [2.75, 3.05) is 6.54 Å². The number of nitrogens with one attached hydrogen (secondary N) is 1. The summed E-state index contributed by atoms with van der Waals surface area (Å²) in [6.45, 7) is 2.45. The molecule has 6 heteroatoms. The van der Waals surface area contributed by atoms with E-state index in [2.05, 4.69) is 20.7 Å². The highest BCUT2D eigenvalue weighted by Gasteiger charge is 2.20. The maximum absolute atomic E-state index is 12.0. The van der Waals surface area contributed by atoms with Crippen LogP contribution in [-0.2, 0) is 10.0 Å². The van der Waals surface area contributed by atoms with E-state index in [0.717, 1.165) is 21.7 Å². The van der Waals surface area contributed by atoms with Gasteiger partial charge in [0, 0.05) is 6.54 Å². The SMILES string of the molecule is Cc1cc(S(=O)(=O)NCCC2CCC2)sc1Br. The lowest BCUT2D eigenvalue weighted by molar-refractivity contribution is 0.297. The van der Waals surface area contributed by atoms with Crippen LogP contribution in [0.25, 0.3) is 0 Å². The number of aryl methyl sites for hydroxylation is 1. The standard InChI is InChI=1S/C11H16BrNO2S2/c1-8-7-10(16-11(8)12)17(14,15)13-6-5-9-3-2-4-9/h7,9,13H,2-6H2,1H3. The Morgan fingerprint density at radius 2 is 2.24 bits per heavy atom. The van der Waals surface area contributed by atoms with E-state index in [0.29, 0.717) is 10.8 Å². The van der Waals surface area contributed by atoms with Crippen molar-refractivity contribution in [2.24, 2.45) is 5.92 Å². The third-order valence-electron chi connectivity index (χ3n) is 3.17. The van der Waals surface area contributed by atoms with Crippen molar-refractivity contribution < 1.29 is 8.42 Å². The monoisotopic (exact) mass is 337 g/mol. The number of sulfonamides is 1. The minimum absolute atomic E-state index is 0.399. The van der Waals surface area contributed by atoms with Crippen LogP contribution < -0.4 is 4.72 Å². The normalized spacial score (nSPS) is 17.1. The third kappa shape index (κ3) is 3.30. The summed E-state index contributed by atoms with van der Waals surface area (Å²) in [5.41, 5.74) is 0.967. The molecule has 2 rings (SSSR count). The summed E-state index contributed by atoms with van der Waals surface area (Å²) in [6, 6.07) is 1.71. The molecule has 1 saturated carbocycles. The van der Waals surface area contributed by atoms with Gasteiger partial charge in [0.2, 0.25) is 10.0 Å². The topological polar surface area (TPSA) is 46.2 Å². The first-order valence-electron chi connectivity index (χ1n) is 5.74. The molecule has 1 aromatic heterocycles. The zero-order valence-corrected chi connectivity index (χ0v) is 12.9. The molecule has 0 unspecified atom stereocenters. The van der Waals surface area contributed by atoms with Gasteiger partial charge < -0.3 is 0 Å². The van der Waals surface area contributed by atoms with Gasteiger partial charge in [0.25, 0.3) is 0 Å². The number of rotatable bonds is 5. The second kappa shape index (κ2) is 5.38. The summed E-state index contributed by atoms with van der Waals surface area (Å²) in [7, 11) is -3.30. The summed E-state index contributed by atoms with van der Waals surface area (Å²) >= 11 is 4.61. The van der Waals surface area contributed by atoms with Crippen LogP contribution in [0.1, 0.15) is 31.2 Å². The van der Waals surface area contributed by atoms with Gasteiger partial charge in [0.15, 0.2) is 0 Å². The van der Waals surface area contributed by atoms with E-state index < -0.39 is 10.0 Å². The maximum Gasteiger partial charge on any atom is 0.250 e. The highest BCUT2D eigenvalue weighted by molar-refractivity contribution is 9.11. The fourth-order valence-electron chi connectivity index (χ4n) is 1.81. The van der Waals surface area contributed by atoms with Crippen molar-refractivity contribution in [3.05, 3.63) is 15.4 Å². The molecule has 1 aromatic rings. The number of halogens is 1. The van der Waals surface area contributed by atoms with Crippen molar-refractivity contribution in [1.29, 1.82) is 0 Å². The molecule has 0 bridgehead atoms. The summed E-state index contributed by atoms with van der Waals surface area (Å²) < 4.78 is 27.9. The highest BCUT2D eigenvalue weighted by Crippen LogP contribution is 2.31. The predicted octanol–water partition coefficient (Wildman–Crippen LogP) is 3.29. The molecule has 1 aliphatic carbocycles. The summed E-state index contributed by atoms with van der Waals surface area (Å²) in [6.07, 6.45) is 4.77. The van der Waals surface area contributed by atoms with E-state index in [9.17, 15) is 8.42 Å². The van der Waals surface area contributed by atoms with Crippen LogP contribution in [0.4, 0.5) is 0 Å². The molecule has 0 aliphatic heterocycles. The van der Waals surface area contributed by atoms with Crippen LogP contribution in [0.15, 0.2) is 14.1 Å². The Hall–Kier alpha value is 0.0900. The van der Waals surface area contributed by atoms with Crippen LogP contribution in [0.3, 0.4) is 0 Å². The fourth-order valence-corrected chi connectivity index (χ4v) is 5.13. The summed E-state index contributed by atoms with van der Waals surface area (Å²) in [5, 5.41) is 0. The molecule has 0 spiro atoms. The van der Waals surface area contributed by atoms with Gasteiger partial charge in [-0.25, -0.2) is 13.1 Å². The Balaban J connectivity index is 1.93. The molecule has 0 aromatic carbocycles.